The second kappa shape index (κ2) is 7.86. The number of hydrogen-bond donors (Lipinski definition) is 1. The van der Waals surface area contributed by atoms with Gasteiger partial charge in [0.25, 0.3) is 5.91 Å². The number of thioether (sulfide) groups is 1. The second-order valence-corrected chi connectivity index (χ2v) is 10.2. The number of fused-ring (bicyclic) bond motifs is 1. The molecular formula is C15H14BrFN2O6S2. The van der Waals surface area contributed by atoms with Gasteiger partial charge in [-0.15, -0.1) is 0 Å². The largest absolute Gasteiger partial charge is 0.480 e. The first kappa shape index (κ1) is 20.2. The quantitative estimate of drug-likeness (QED) is 0.670. The van der Waals surface area contributed by atoms with Crippen molar-refractivity contribution in [1.82, 2.24) is 0 Å². The average Bonchev–Trinajstić information content (AvgIpc) is 2.98. The van der Waals surface area contributed by atoms with Gasteiger partial charge >= 0.3 is 5.97 Å². The van der Waals surface area contributed by atoms with Gasteiger partial charge in [0.2, 0.25) is 0 Å². The SMILES string of the molecule is O=C(O)COCC(=O)N=C1S[C@@H]2CS(=O)(=O)C[C@H]2N1c1ccc(Br)cc1F. The van der Waals surface area contributed by atoms with Crippen LogP contribution in [0.2, 0.25) is 0 Å². The molecule has 1 amide bonds. The van der Waals surface area contributed by atoms with Gasteiger partial charge in [0.15, 0.2) is 15.0 Å². The molecule has 3 rings (SSSR count). The maximum Gasteiger partial charge on any atom is 0.329 e. The molecule has 1 aromatic rings. The van der Waals surface area contributed by atoms with Crippen LogP contribution in [0.25, 0.3) is 0 Å². The maximum absolute atomic E-state index is 14.5. The predicted octanol–water partition coefficient (Wildman–Crippen LogP) is 1.29. The van der Waals surface area contributed by atoms with Crippen molar-refractivity contribution in [3.8, 4) is 0 Å². The summed E-state index contributed by atoms with van der Waals surface area (Å²) in [7, 11) is -3.27. The molecule has 0 radical (unpaired) electrons. The topological polar surface area (TPSA) is 113 Å². The van der Waals surface area contributed by atoms with Gasteiger partial charge in [0, 0.05) is 9.72 Å². The van der Waals surface area contributed by atoms with Gasteiger partial charge in [-0.3, -0.25) is 4.79 Å². The molecule has 2 aliphatic heterocycles. The summed E-state index contributed by atoms with van der Waals surface area (Å²) in [5.41, 5.74) is 0.119. The fourth-order valence-corrected chi connectivity index (χ4v) is 7.14. The summed E-state index contributed by atoms with van der Waals surface area (Å²) in [6.45, 7) is -1.18. The fourth-order valence-electron chi connectivity index (χ4n) is 2.89. The van der Waals surface area contributed by atoms with E-state index >= 15 is 0 Å². The van der Waals surface area contributed by atoms with E-state index < -0.39 is 46.8 Å². The number of hydrogen-bond acceptors (Lipinski definition) is 6. The lowest BCUT2D eigenvalue weighted by Gasteiger charge is -2.25. The number of anilines is 1. The maximum atomic E-state index is 14.5. The summed E-state index contributed by atoms with van der Waals surface area (Å²) < 4.78 is 43.7. The first-order chi connectivity index (χ1) is 12.7. The molecule has 0 aromatic heterocycles. The molecule has 0 aliphatic carbocycles. The normalized spacial score (nSPS) is 25.0. The number of carboxylic acid groups (broad SMARTS) is 1. The highest BCUT2D eigenvalue weighted by molar-refractivity contribution is 9.10. The third-order valence-electron chi connectivity index (χ3n) is 3.91. The molecule has 12 heteroatoms. The molecule has 27 heavy (non-hydrogen) atoms. The van der Waals surface area contributed by atoms with Crippen molar-refractivity contribution in [2.45, 2.75) is 11.3 Å². The summed E-state index contributed by atoms with van der Waals surface area (Å²) >= 11 is 4.26. The molecule has 2 fully saturated rings. The van der Waals surface area contributed by atoms with Gasteiger partial charge in [-0.05, 0) is 18.2 Å². The van der Waals surface area contributed by atoms with Crippen LogP contribution in [0.4, 0.5) is 10.1 Å². The number of nitrogens with zero attached hydrogens (tertiary/aromatic N) is 2. The number of ether oxygens (including phenoxy) is 1. The van der Waals surface area contributed by atoms with Gasteiger partial charge in [-0.25, -0.2) is 17.6 Å². The zero-order valence-electron chi connectivity index (χ0n) is 13.7. The molecule has 0 unspecified atom stereocenters. The average molecular weight is 481 g/mol. The molecule has 2 atom stereocenters. The van der Waals surface area contributed by atoms with Crippen LogP contribution in [0.15, 0.2) is 27.7 Å². The highest BCUT2D eigenvalue weighted by Crippen LogP contribution is 2.42. The van der Waals surface area contributed by atoms with Crippen molar-refractivity contribution < 1.29 is 32.2 Å². The number of benzene rings is 1. The van der Waals surface area contributed by atoms with E-state index in [1.165, 1.54) is 17.0 Å². The summed E-state index contributed by atoms with van der Waals surface area (Å²) in [5, 5.41) is 8.33. The highest BCUT2D eigenvalue weighted by atomic mass is 79.9. The van der Waals surface area contributed by atoms with E-state index in [0.717, 1.165) is 11.8 Å². The molecule has 2 aliphatic rings. The molecule has 146 valence electrons. The number of amides is 1. The molecule has 1 N–H and O–H groups in total. The van der Waals surface area contributed by atoms with Gasteiger partial charge in [-0.2, -0.15) is 4.99 Å². The molecule has 2 heterocycles. The Labute approximate surface area is 166 Å². The Balaban J connectivity index is 1.89. The number of amidine groups is 1. The molecule has 2 saturated heterocycles. The molecule has 0 spiro atoms. The lowest BCUT2D eigenvalue weighted by Crippen LogP contribution is -2.38. The lowest BCUT2D eigenvalue weighted by atomic mass is 10.2. The van der Waals surface area contributed by atoms with Crippen LogP contribution in [0.5, 0.6) is 0 Å². The first-order valence-corrected chi connectivity index (χ1v) is 11.2. The van der Waals surface area contributed by atoms with Crippen LogP contribution in [0, 0.1) is 5.82 Å². The summed E-state index contributed by atoms with van der Waals surface area (Å²) in [4.78, 5) is 27.7. The molecule has 1 aromatic carbocycles. The molecule has 8 nitrogen and oxygen atoms in total. The third kappa shape index (κ3) is 4.68. The number of carbonyl (C=O) groups is 2. The monoisotopic (exact) mass is 480 g/mol. The summed E-state index contributed by atoms with van der Waals surface area (Å²) in [5.74, 6) is -2.78. The Morgan fingerprint density at radius 3 is 2.78 bits per heavy atom. The summed E-state index contributed by atoms with van der Waals surface area (Å²) in [6, 6.07) is 3.79. The lowest BCUT2D eigenvalue weighted by molar-refractivity contribution is -0.143. The Kier molecular flexibility index (Phi) is 5.89. The number of carboxylic acids is 1. The number of aliphatic carboxylic acids is 1. The molecule has 0 bridgehead atoms. The number of aliphatic imine (C=N–C) groups is 1. The third-order valence-corrected chi connectivity index (χ3v) is 7.61. The van der Waals surface area contributed by atoms with Crippen molar-refractivity contribution in [3.05, 3.63) is 28.5 Å². The standard InChI is InChI=1S/C15H14BrFN2O6S2/c16-8-1-2-10(9(17)3-8)19-11-6-27(23,24)7-12(11)26-15(19)18-13(20)4-25-5-14(21)22/h1-3,11-12H,4-7H2,(H,21,22)/t11-,12-/m1/s1. The van der Waals surface area contributed by atoms with Crippen molar-refractivity contribution in [2.75, 3.05) is 29.6 Å². The Morgan fingerprint density at radius 2 is 2.11 bits per heavy atom. The number of rotatable bonds is 5. The van der Waals surface area contributed by atoms with E-state index in [1.54, 1.807) is 6.07 Å². The van der Waals surface area contributed by atoms with Crippen LogP contribution in [-0.2, 0) is 24.2 Å². The van der Waals surface area contributed by atoms with E-state index in [4.69, 9.17) is 9.84 Å². The van der Waals surface area contributed by atoms with E-state index in [-0.39, 0.29) is 27.6 Å². The first-order valence-electron chi connectivity index (χ1n) is 7.69. The van der Waals surface area contributed by atoms with Gasteiger partial charge < -0.3 is 14.7 Å². The zero-order valence-corrected chi connectivity index (χ0v) is 16.9. The minimum Gasteiger partial charge on any atom is -0.480 e. The fraction of sp³-hybridized carbons (Fsp3) is 0.400. The van der Waals surface area contributed by atoms with Gasteiger partial charge in [0.05, 0.1) is 23.2 Å². The Bertz CT molecular complexity index is 923. The Hall–Kier alpha value is -1.50. The number of halogens is 2. The van der Waals surface area contributed by atoms with E-state index in [9.17, 15) is 22.4 Å². The van der Waals surface area contributed by atoms with Crippen LogP contribution < -0.4 is 4.90 Å². The van der Waals surface area contributed by atoms with E-state index in [2.05, 4.69) is 20.9 Å². The van der Waals surface area contributed by atoms with E-state index in [0.29, 0.717) is 4.47 Å². The van der Waals surface area contributed by atoms with Gasteiger partial charge in [-0.1, -0.05) is 27.7 Å². The van der Waals surface area contributed by atoms with Crippen LogP contribution in [-0.4, -0.2) is 66.6 Å². The van der Waals surface area contributed by atoms with Crippen LogP contribution in [0.1, 0.15) is 0 Å². The number of carbonyl (C=O) groups excluding carboxylic acids is 1. The second-order valence-electron chi connectivity index (χ2n) is 5.94. The highest BCUT2D eigenvalue weighted by Gasteiger charge is 2.50. The number of sulfone groups is 1. The predicted molar refractivity (Wildman–Crippen MR) is 101 cm³/mol. The molecular weight excluding hydrogens is 467 g/mol. The van der Waals surface area contributed by atoms with Crippen molar-refractivity contribution in [2.24, 2.45) is 4.99 Å². The van der Waals surface area contributed by atoms with Crippen molar-refractivity contribution in [1.29, 1.82) is 0 Å². The minimum absolute atomic E-state index is 0.0836. The van der Waals surface area contributed by atoms with Crippen molar-refractivity contribution in [3.63, 3.8) is 0 Å². The van der Waals surface area contributed by atoms with Crippen molar-refractivity contribution >= 4 is 60.3 Å². The van der Waals surface area contributed by atoms with Crippen LogP contribution >= 0.6 is 27.7 Å². The smallest absolute Gasteiger partial charge is 0.329 e. The summed E-state index contributed by atoms with van der Waals surface area (Å²) in [6.07, 6.45) is 0. The Morgan fingerprint density at radius 1 is 1.37 bits per heavy atom. The molecule has 0 saturated carbocycles. The van der Waals surface area contributed by atoms with Crippen LogP contribution in [0.3, 0.4) is 0 Å². The zero-order chi connectivity index (χ0) is 19.8. The van der Waals surface area contributed by atoms with E-state index in [1.807, 2.05) is 0 Å². The van der Waals surface area contributed by atoms with Gasteiger partial charge in [0.1, 0.15) is 19.0 Å². The minimum atomic E-state index is -3.27.